The number of ketones is 1. The van der Waals surface area contributed by atoms with Crippen molar-refractivity contribution >= 4 is 23.3 Å². The van der Waals surface area contributed by atoms with Crippen molar-refractivity contribution in [2.75, 3.05) is 5.32 Å². The van der Waals surface area contributed by atoms with Gasteiger partial charge < -0.3 is 19.4 Å². The predicted octanol–water partition coefficient (Wildman–Crippen LogP) is 3.03. The normalized spacial score (nSPS) is 37.0. The minimum absolute atomic E-state index is 0.0727. The third-order valence-corrected chi connectivity index (χ3v) is 7.57. The molecule has 6 rings (SSSR count). The molecule has 7 atom stereocenters. The zero-order chi connectivity index (χ0) is 22.2. The molecule has 3 fully saturated rings. The topological polar surface area (TPSA) is 88.9 Å². The number of rotatable bonds is 3. The molecule has 1 spiro atoms. The number of ether oxygens (including phenoxy) is 1. The zero-order valence-electron chi connectivity index (χ0n) is 17.9. The molecule has 2 amide bonds. The van der Waals surface area contributed by atoms with E-state index in [0.29, 0.717) is 11.4 Å². The summed E-state index contributed by atoms with van der Waals surface area (Å²) in [5, 5.41) is 2.96. The lowest BCUT2D eigenvalue weighted by Crippen LogP contribution is -2.55. The van der Waals surface area contributed by atoms with Crippen LogP contribution >= 0.6 is 0 Å². The van der Waals surface area contributed by atoms with E-state index >= 15 is 0 Å². The first-order chi connectivity index (χ1) is 15.4. The summed E-state index contributed by atoms with van der Waals surface area (Å²) >= 11 is 0. The van der Waals surface area contributed by atoms with Gasteiger partial charge in [0.25, 0.3) is 0 Å². The molecule has 1 aromatic carbocycles. The molecular formula is C25H24N2O5. The smallest absolute Gasteiger partial charge is 0.231 e. The second-order valence-corrected chi connectivity index (χ2v) is 9.33. The molecule has 1 aromatic heterocycles. The molecule has 7 nitrogen and oxygen atoms in total. The zero-order valence-corrected chi connectivity index (χ0v) is 17.9. The molecule has 2 bridgehead atoms. The summed E-state index contributed by atoms with van der Waals surface area (Å²) in [6.07, 6.45) is 5.05. The monoisotopic (exact) mass is 432 g/mol. The Labute approximate surface area is 185 Å². The van der Waals surface area contributed by atoms with Crippen molar-refractivity contribution in [3.63, 3.8) is 0 Å². The maximum absolute atomic E-state index is 13.9. The summed E-state index contributed by atoms with van der Waals surface area (Å²) < 4.78 is 12.0. The molecule has 5 heterocycles. The number of nitrogens with zero attached hydrogens (tertiary/aromatic N) is 1. The molecule has 0 unspecified atom stereocenters. The molecule has 164 valence electrons. The molecular weight excluding hydrogens is 408 g/mol. The molecule has 0 saturated carbocycles. The number of anilines is 1. The van der Waals surface area contributed by atoms with Gasteiger partial charge in [-0.15, -0.1) is 0 Å². The number of piperidine rings is 1. The molecule has 4 aliphatic heterocycles. The van der Waals surface area contributed by atoms with Crippen LogP contribution in [0.1, 0.15) is 30.7 Å². The van der Waals surface area contributed by atoms with Crippen LogP contribution in [0.3, 0.4) is 0 Å². The van der Waals surface area contributed by atoms with Gasteiger partial charge in [0.15, 0.2) is 0 Å². The molecule has 2 aromatic rings. The summed E-state index contributed by atoms with van der Waals surface area (Å²) in [6.45, 7) is 3.84. The Kier molecular flexibility index (Phi) is 4.05. The second kappa shape index (κ2) is 6.65. The van der Waals surface area contributed by atoms with E-state index in [0.717, 1.165) is 5.56 Å². The van der Waals surface area contributed by atoms with Gasteiger partial charge in [0, 0.05) is 18.0 Å². The van der Waals surface area contributed by atoms with Gasteiger partial charge in [-0.05, 0) is 31.2 Å². The van der Waals surface area contributed by atoms with E-state index in [2.05, 4.69) is 5.32 Å². The average Bonchev–Trinajstić information content (AvgIpc) is 3.54. The molecule has 1 N–H and O–H groups in total. The Balaban J connectivity index is 1.38. The predicted molar refractivity (Wildman–Crippen MR) is 114 cm³/mol. The minimum atomic E-state index is -0.975. The minimum Gasteiger partial charge on any atom is -0.467 e. The molecule has 0 aliphatic carbocycles. The van der Waals surface area contributed by atoms with Crippen molar-refractivity contribution in [2.45, 2.75) is 44.1 Å². The Morgan fingerprint density at radius 2 is 1.97 bits per heavy atom. The highest BCUT2D eigenvalue weighted by molar-refractivity contribution is 6.00. The third kappa shape index (κ3) is 2.48. The first kappa shape index (κ1) is 19.5. The molecule has 7 heteroatoms. The number of carbonyl (C=O) groups excluding carboxylic acids is 3. The van der Waals surface area contributed by atoms with E-state index in [1.165, 1.54) is 0 Å². The lowest BCUT2D eigenvalue weighted by molar-refractivity contribution is -0.147. The summed E-state index contributed by atoms with van der Waals surface area (Å²) in [5.74, 6) is -1.44. The van der Waals surface area contributed by atoms with E-state index in [1.54, 1.807) is 23.3 Å². The van der Waals surface area contributed by atoms with Gasteiger partial charge in [-0.3, -0.25) is 14.4 Å². The van der Waals surface area contributed by atoms with Crippen molar-refractivity contribution in [3.05, 3.63) is 66.1 Å². The lowest BCUT2D eigenvalue weighted by Gasteiger charge is -2.43. The highest BCUT2D eigenvalue weighted by atomic mass is 16.5. The Morgan fingerprint density at radius 3 is 2.69 bits per heavy atom. The van der Waals surface area contributed by atoms with E-state index in [-0.39, 0.29) is 24.0 Å². The van der Waals surface area contributed by atoms with Gasteiger partial charge in [-0.2, -0.15) is 0 Å². The molecule has 0 radical (unpaired) electrons. The molecule has 4 aliphatic rings. The average molecular weight is 432 g/mol. The van der Waals surface area contributed by atoms with Gasteiger partial charge in [0.2, 0.25) is 11.8 Å². The second-order valence-electron chi connectivity index (χ2n) is 9.33. The summed E-state index contributed by atoms with van der Waals surface area (Å²) in [5.41, 5.74) is 0.803. The molecule has 32 heavy (non-hydrogen) atoms. The van der Waals surface area contributed by atoms with E-state index in [9.17, 15) is 14.4 Å². The van der Waals surface area contributed by atoms with Gasteiger partial charge in [0.1, 0.15) is 17.1 Å². The fourth-order valence-corrected chi connectivity index (χ4v) is 6.13. The fraction of sp³-hybridized carbons (Fsp3) is 0.400. The van der Waals surface area contributed by atoms with Crippen molar-refractivity contribution in [1.29, 1.82) is 0 Å². The maximum atomic E-state index is 13.9. The van der Waals surface area contributed by atoms with Crippen LogP contribution in [0.4, 0.5) is 5.69 Å². The van der Waals surface area contributed by atoms with Crippen LogP contribution in [0.2, 0.25) is 0 Å². The summed E-state index contributed by atoms with van der Waals surface area (Å²) in [4.78, 5) is 41.9. The maximum Gasteiger partial charge on any atom is 0.231 e. The highest BCUT2D eigenvalue weighted by Crippen LogP contribution is 2.59. The van der Waals surface area contributed by atoms with Crippen molar-refractivity contribution in [3.8, 4) is 0 Å². The first-order valence-electron chi connectivity index (χ1n) is 11.0. The van der Waals surface area contributed by atoms with Crippen molar-refractivity contribution in [2.24, 2.45) is 17.8 Å². The number of benzene rings is 1. The SMILES string of the molecule is Cc1ccc(NC(=O)[C@H]2[C@H]3C(=O)N4[C@H](c5ccco5)CC(=O)[C@H](C)[C@@H]4[C@]34C=C[C@H]2O4)cc1. The van der Waals surface area contributed by atoms with Gasteiger partial charge in [-0.1, -0.05) is 36.8 Å². The van der Waals surface area contributed by atoms with Gasteiger partial charge >= 0.3 is 0 Å². The van der Waals surface area contributed by atoms with Crippen molar-refractivity contribution in [1.82, 2.24) is 4.90 Å². The molecule has 3 saturated heterocycles. The number of amides is 2. The van der Waals surface area contributed by atoms with Crippen LogP contribution in [-0.4, -0.2) is 40.2 Å². The van der Waals surface area contributed by atoms with Gasteiger partial charge in [0.05, 0.1) is 36.3 Å². The number of hydrogen-bond donors (Lipinski definition) is 1. The highest BCUT2D eigenvalue weighted by Gasteiger charge is 2.74. The summed E-state index contributed by atoms with van der Waals surface area (Å²) in [6, 6.07) is 10.2. The quantitative estimate of drug-likeness (QED) is 0.754. The summed E-state index contributed by atoms with van der Waals surface area (Å²) in [7, 11) is 0. The third-order valence-electron chi connectivity index (χ3n) is 7.57. The number of fused-ring (bicyclic) bond motifs is 2. The standard InChI is InChI=1S/C25H24N2O5/c1-13-5-7-15(8-6-13)26-23(29)20-19-9-10-25(32-19)21(20)24(30)27-16(18-4-3-11-31-18)12-17(28)14(2)22(25)27/h3-11,14,16,19-22H,12H2,1-2H3,(H,26,29)/t14-,16-,19+,20+,21-,22+,25-/m0/s1. The van der Waals surface area contributed by atoms with E-state index < -0.39 is 41.5 Å². The number of nitrogens with one attached hydrogen (secondary N) is 1. The van der Waals surface area contributed by atoms with Crippen LogP contribution in [0.5, 0.6) is 0 Å². The Hall–Kier alpha value is -3.19. The Bertz CT molecular complexity index is 1140. The number of Topliss-reactive ketones (excluding diaryl/α,β-unsaturated/α-hetero) is 1. The van der Waals surface area contributed by atoms with Crippen LogP contribution < -0.4 is 5.32 Å². The van der Waals surface area contributed by atoms with Gasteiger partial charge in [-0.25, -0.2) is 0 Å². The van der Waals surface area contributed by atoms with Crippen LogP contribution in [0.15, 0.2) is 59.2 Å². The number of aryl methyl sites for hydroxylation is 1. The van der Waals surface area contributed by atoms with Crippen LogP contribution in [0.25, 0.3) is 0 Å². The van der Waals surface area contributed by atoms with E-state index in [4.69, 9.17) is 9.15 Å². The van der Waals surface area contributed by atoms with Crippen molar-refractivity contribution < 1.29 is 23.5 Å². The fourth-order valence-electron chi connectivity index (χ4n) is 6.13. The van der Waals surface area contributed by atoms with E-state index in [1.807, 2.05) is 50.3 Å². The largest absolute Gasteiger partial charge is 0.467 e. The lowest BCUT2D eigenvalue weighted by atomic mass is 9.70. The Morgan fingerprint density at radius 1 is 1.19 bits per heavy atom. The number of furan rings is 1. The number of carbonyl (C=O) groups is 3. The van der Waals surface area contributed by atoms with Crippen LogP contribution in [0, 0.1) is 24.7 Å². The first-order valence-corrected chi connectivity index (χ1v) is 11.0. The van der Waals surface area contributed by atoms with Crippen LogP contribution in [-0.2, 0) is 19.1 Å². The number of hydrogen-bond acceptors (Lipinski definition) is 5.